The number of rotatable bonds is 7. The van der Waals surface area contributed by atoms with E-state index in [1.807, 2.05) is 17.9 Å². The number of hydrogen-bond acceptors (Lipinski definition) is 7. The van der Waals surface area contributed by atoms with Crippen molar-refractivity contribution >= 4 is 23.2 Å². The van der Waals surface area contributed by atoms with E-state index in [1.54, 1.807) is 11.3 Å². The normalized spacial score (nSPS) is 17.4. The van der Waals surface area contributed by atoms with Gasteiger partial charge >= 0.3 is 6.03 Å². The van der Waals surface area contributed by atoms with Crippen LogP contribution in [0.25, 0.3) is 0 Å². The molecule has 9 heteroatoms. The van der Waals surface area contributed by atoms with Gasteiger partial charge in [-0.05, 0) is 32.6 Å². The fourth-order valence-electron chi connectivity index (χ4n) is 3.32. The Labute approximate surface area is 168 Å². The molecule has 1 aliphatic heterocycles. The van der Waals surface area contributed by atoms with Crippen molar-refractivity contribution in [1.82, 2.24) is 25.2 Å². The number of aromatic nitrogens is 3. The predicted molar refractivity (Wildman–Crippen MR) is 108 cm³/mol. The second kappa shape index (κ2) is 8.72. The van der Waals surface area contributed by atoms with Gasteiger partial charge in [-0.25, -0.2) is 19.7 Å². The summed E-state index contributed by atoms with van der Waals surface area (Å²) in [5.41, 5.74) is 1.19. The largest absolute Gasteiger partial charge is 0.478 e. The minimum atomic E-state index is -0.0118. The van der Waals surface area contributed by atoms with Gasteiger partial charge in [0.1, 0.15) is 17.2 Å². The van der Waals surface area contributed by atoms with Gasteiger partial charge in [-0.2, -0.15) is 0 Å². The van der Waals surface area contributed by atoms with Crippen molar-refractivity contribution in [2.45, 2.75) is 51.1 Å². The molecule has 2 amide bonds. The van der Waals surface area contributed by atoms with Crippen LogP contribution in [-0.2, 0) is 6.54 Å². The van der Waals surface area contributed by atoms with Crippen molar-refractivity contribution in [3.63, 3.8) is 0 Å². The lowest BCUT2D eigenvalue weighted by atomic mass is 10.1. The Balaban J connectivity index is 1.20. The number of hydrogen-bond donors (Lipinski definition) is 2. The maximum Gasteiger partial charge on any atom is 0.317 e. The number of carbonyl (C=O) groups excluding carboxylic acids is 1. The van der Waals surface area contributed by atoms with Crippen molar-refractivity contribution in [1.29, 1.82) is 0 Å². The minimum absolute atomic E-state index is 0.0118. The third-order valence-electron chi connectivity index (χ3n) is 5.02. The molecule has 8 nitrogen and oxygen atoms in total. The van der Waals surface area contributed by atoms with E-state index in [-0.39, 0.29) is 12.1 Å². The Morgan fingerprint density at radius 3 is 2.86 bits per heavy atom. The number of amides is 2. The van der Waals surface area contributed by atoms with Crippen molar-refractivity contribution in [3.8, 4) is 5.88 Å². The van der Waals surface area contributed by atoms with E-state index in [2.05, 4.69) is 31.0 Å². The zero-order valence-corrected chi connectivity index (χ0v) is 16.9. The highest BCUT2D eigenvalue weighted by Crippen LogP contribution is 2.40. The summed E-state index contributed by atoms with van der Waals surface area (Å²) < 4.78 is 5.41. The lowest BCUT2D eigenvalue weighted by Gasteiger charge is -2.32. The van der Waals surface area contributed by atoms with Crippen molar-refractivity contribution in [3.05, 3.63) is 28.5 Å². The first kappa shape index (κ1) is 18.9. The molecule has 2 fully saturated rings. The van der Waals surface area contributed by atoms with Crippen LogP contribution in [-0.4, -0.2) is 51.6 Å². The van der Waals surface area contributed by atoms with Crippen molar-refractivity contribution < 1.29 is 9.53 Å². The Bertz CT molecular complexity index is 801. The van der Waals surface area contributed by atoms with Crippen LogP contribution < -0.4 is 15.4 Å². The molecule has 0 unspecified atom stereocenters. The van der Waals surface area contributed by atoms with Gasteiger partial charge in [0.05, 0.1) is 18.8 Å². The Morgan fingerprint density at radius 1 is 1.29 bits per heavy atom. The molecule has 2 aromatic rings. The Kier molecular flexibility index (Phi) is 5.90. The third-order valence-corrected chi connectivity index (χ3v) is 5.89. The number of nitrogens with one attached hydrogen (secondary N) is 2. The SMILES string of the molecule is CCOc1cc(NC2CCN(C(=O)NCc3nc(C4CC4)cs3)CC2)ncn1. The molecule has 2 aromatic heterocycles. The van der Waals surface area contributed by atoms with E-state index in [1.165, 1.54) is 24.9 Å². The number of carbonyl (C=O) groups is 1. The van der Waals surface area contributed by atoms with E-state index in [0.29, 0.717) is 24.9 Å². The molecule has 1 aliphatic carbocycles. The molecule has 150 valence electrons. The average Bonchev–Trinajstić information content (AvgIpc) is 3.45. The van der Waals surface area contributed by atoms with Crippen LogP contribution in [0.2, 0.25) is 0 Å². The van der Waals surface area contributed by atoms with Crippen LogP contribution >= 0.6 is 11.3 Å². The first-order chi connectivity index (χ1) is 13.7. The van der Waals surface area contributed by atoms with E-state index < -0.39 is 0 Å². The fraction of sp³-hybridized carbons (Fsp3) is 0.579. The van der Waals surface area contributed by atoms with Gasteiger partial charge in [0.25, 0.3) is 0 Å². The molecule has 1 saturated heterocycles. The standard InChI is InChI=1S/C19H26N6O2S/c1-2-27-17-9-16(21-12-22-17)23-14-5-7-25(8-6-14)19(26)20-10-18-24-15(11-28-18)13-3-4-13/h9,11-14H,2-8,10H2,1H3,(H,20,26)(H,21,22,23). The highest BCUT2D eigenvalue weighted by atomic mass is 32.1. The molecule has 4 rings (SSSR count). The molecule has 2 N–H and O–H groups in total. The summed E-state index contributed by atoms with van der Waals surface area (Å²) in [5.74, 6) is 1.99. The minimum Gasteiger partial charge on any atom is -0.478 e. The maximum atomic E-state index is 12.4. The summed E-state index contributed by atoms with van der Waals surface area (Å²) in [6.45, 7) is 4.45. The molecule has 0 atom stereocenters. The number of anilines is 1. The van der Waals surface area contributed by atoms with Gasteiger partial charge in [-0.1, -0.05) is 0 Å². The molecule has 3 heterocycles. The van der Waals surface area contributed by atoms with Gasteiger partial charge in [-0.15, -0.1) is 11.3 Å². The smallest absolute Gasteiger partial charge is 0.317 e. The molecule has 0 spiro atoms. The molecule has 28 heavy (non-hydrogen) atoms. The maximum absolute atomic E-state index is 12.4. The number of thiazole rings is 1. The predicted octanol–water partition coefficient (Wildman–Crippen LogP) is 3.00. The second-order valence-corrected chi connectivity index (χ2v) is 8.12. The van der Waals surface area contributed by atoms with Crippen LogP contribution in [0.5, 0.6) is 5.88 Å². The first-order valence-electron chi connectivity index (χ1n) is 9.89. The zero-order chi connectivity index (χ0) is 19.3. The summed E-state index contributed by atoms with van der Waals surface area (Å²) >= 11 is 1.64. The van der Waals surface area contributed by atoms with Gasteiger partial charge in [-0.3, -0.25) is 0 Å². The van der Waals surface area contributed by atoms with Crippen LogP contribution in [0, 0.1) is 0 Å². The van der Waals surface area contributed by atoms with E-state index in [9.17, 15) is 4.79 Å². The highest BCUT2D eigenvalue weighted by molar-refractivity contribution is 7.09. The lowest BCUT2D eigenvalue weighted by molar-refractivity contribution is 0.183. The Hall–Kier alpha value is -2.42. The zero-order valence-electron chi connectivity index (χ0n) is 16.1. The summed E-state index contributed by atoms with van der Waals surface area (Å²) in [5, 5.41) is 9.54. The van der Waals surface area contributed by atoms with Gasteiger partial charge in [0.2, 0.25) is 5.88 Å². The second-order valence-electron chi connectivity index (χ2n) is 7.18. The number of likely N-dealkylation sites (tertiary alicyclic amines) is 1. The highest BCUT2D eigenvalue weighted by Gasteiger charge is 2.26. The van der Waals surface area contributed by atoms with E-state index >= 15 is 0 Å². The summed E-state index contributed by atoms with van der Waals surface area (Å²) in [6.07, 6.45) is 5.76. The van der Waals surface area contributed by atoms with Crippen molar-refractivity contribution in [2.24, 2.45) is 0 Å². The summed E-state index contributed by atoms with van der Waals surface area (Å²) in [6, 6.07) is 2.09. The molecular formula is C19H26N6O2S. The van der Waals surface area contributed by atoms with Gasteiger partial charge < -0.3 is 20.3 Å². The summed E-state index contributed by atoms with van der Waals surface area (Å²) in [4.78, 5) is 27.3. The van der Waals surface area contributed by atoms with Crippen LogP contribution in [0.3, 0.4) is 0 Å². The lowest BCUT2D eigenvalue weighted by Crippen LogP contribution is -2.46. The third kappa shape index (κ3) is 4.89. The molecule has 0 aromatic carbocycles. The van der Waals surface area contributed by atoms with Crippen LogP contribution in [0.15, 0.2) is 17.8 Å². The Morgan fingerprint density at radius 2 is 2.11 bits per heavy atom. The van der Waals surface area contributed by atoms with E-state index in [4.69, 9.17) is 4.74 Å². The molecular weight excluding hydrogens is 376 g/mol. The fourth-order valence-corrected chi connectivity index (χ4v) is 4.13. The molecule has 2 aliphatic rings. The number of ether oxygens (including phenoxy) is 1. The molecule has 0 bridgehead atoms. The van der Waals surface area contributed by atoms with Crippen LogP contribution in [0.1, 0.15) is 49.2 Å². The molecule has 0 radical (unpaired) electrons. The number of piperidine rings is 1. The van der Waals surface area contributed by atoms with E-state index in [0.717, 1.165) is 36.8 Å². The quantitative estimate of drug-likeness (QED) is 0.740. The average molecular weight is 403 g/mol. The van der Waals surface area contributed by atoms with Crippen LogP contribution in [0.4, 0.5) is 10.6 Å². The van der Waals surface area contributed by atoms with Gasteiger partial charge in [0, 0.05) is 36.5 Å². The number of urea groups is 1. The molecule has 1 saturated carbocycles. The number of nitrogens with zero attached hydrogens (tertiary/aromatic N) is 4. The first-order valence-corrected chi connectivity index (χ1v) is 10.8. The van der Waals surface area contributed by atoms with Crippen molar-refractivity contribution in [2.75, 3.05) is 25.0 Å². The summed E-state index contributed by atoms with van der Waals surface area (Å²) in [7, 11) is 0. The van der Waals surface area contributed by atoms with Gasteiger partial charge in [0.15, 0.2) is 0 Å². The topological polar surface area (TPSA) is 92.3 Å². The monoisotopic (exact) mass is 402 g/mol.